The standard InChI is InChI=1S/C24H29N3O5S/c1-4-5-6-15-31-20-11-9-19(10-12-20)23(28)25-24-27-26-22(32-24)16-18-7-13-21(14-8-18)33(29,30)17(2)3/h7-14,17H,4-6,15-16H2,1-3H3,(H,25,27,28). The number of nitrogens with zero attached hydrogens (tertiary/aromatic N) is 2. The Labute approximate surface area is 194 Å². The molecule has 0 aliphatic rings. The molecule has 8 nitrogen and oxygen atoms in total. The topological polar surface area (TPSA) is 111 Å². The van der Waals surface area contributed by atoms with E-state index in [1.165, 1.54) is 0 Å². The molecular formula is C24H29N3O5S. The van der Waals surface area contributed by atoms with Crippen LogP contribution in [-0.2, 0) is 16.3 Å². The first kappa shape index (κ1) is 24.4. The molecule has 2 aromatic carbocycles. The fraction of sp³-hybridized carbons (Fsp3) is 0.375. The third kappa shape index (κ3) is 6.64. The average Bonchev–Trinajstić information content (AvgIpc) is 3.24. The molecule has 1 N–H and O–H groups in total. The first-order valence-electron chi connectivity index (χ1n) is 11.0. The smallest absolute Gasteiger partial charge is 0.322 e. The number of anilines is 1. The van der Waals surface area contributed by atoms with Crippen LogP contribution in [-0.4, -0.2) is 36.4 Å². The molecule has 3 aromatic rings. The van der Waals surface area contributed by atoms with Crippen LogP contribution in [0.25, 0.3) is 0 Å². The largest absolute Gasteiger partial charge is 0.494 e. The molecule has 1 amide bonds. The van der Waals surface area contributed by atoms with Gasteiger partial charge < -0.3 is 9.15 Å². The summed E-state index contributed by atoms with van der Waals surface area (Å²) < 4.78 is 35.6. The van der Waals surface area contributed by atoms with Gasteiger partial charge in [-0.15, -0.1) is 5.10 Å². The van der Waals surface area contributed by atoms with Crippen LogP contribution in [0.4, 0.5) is 6.01 Å². The van der Waals surface area contributed by atoms with E-state index in [2.05, 4.69) is 22.4 Å². The Bertz CT molecular complexity index is 1150. The van der Waals surface area contributed by atoms with Gasteiger partial charge in [0, 0.05) is 5.56 Å². The molecular weight excluding hydrogens is 442 g/mol. The van der Waals surface area contributed by atoms with E-state index in [0.29, 0.717) is 24.5 Å². The predicted octanol–water partition coefficient (Wildman–Crippen LogP) is 4.66. The maximum Gasteiger partial charge on any atom is 0.322 e. The minimum absolute atomic E-state index is 0.00565. The zero-order valence-corrected chi connectivity index (χ0v) is 19.9. The summed E-state index contributed by atoms with van der Waals surface area (Å²) in [5.41, 5.74) is 1.26. The maximum absolute atomic E-state index is 12.4. The summed E-state index contributed by atoms with van der Waals surface area (Å²) in [6.07, 6.45) is 3.57. The number of benzene rings is 2. The van der Waals surface area contributed by atoms with Crippen molar-refractivity contribution in [2.24, 2.45) is 0 Å². The van der Waals surface area contributed by atoms with Crippen LogP contribution in [0, 0.1) is 0 Å². The molecule has 0 radical (unpaired) electrons. The highest BCUT2D eigenvalue weighted by molar-refractivity contribution is 7.92. The highest BCUT2D eigenvalue weighted by Gasteiger charge is 2.19. The minimum Gasteiger partial charge on any atom is -0.494 e. The van der Waals surface area contributed by atoms with Gasteiger partial charge in [-0.05, 0) is 62.2 Å². The molecule has 1 aromatic heterocycles. The quantitative estimate of drug-likeness (QED) is 0.405. The molecule has 0 saturated heterocycles. The van der Waals surface area contributed by atoms with Crippen LogP contribution < -0.4 is 10.1 Å². The fourth-order valence-electron chi connectivity index (χ4n) is 3.03. The Morgan fingerprint density at radius 1 is 1.03 bits per heavy atom. The Morgan fingerprint density at radius 3 is 2.36 bits per heavy atom. The first-order chi connectivity index (χ1) is 15.8. The van der Waals surface area contributed by atoms with Crippen molar-refractivity contribution in [3.05, 3.63) is 65.5 Å². The summed E-state index contributed by atoms with van der Waals surface area (Å²) in [6.45, 7) is 6.09. The molecule has 1 heterocycles. The normalized spacial score (nSPS) is 11.5. The van der Waals surface area contributed by atoms with Gasteiger partial charge in [-0.25, -0.2) is 8.42 Å². The highest BCUT2D eigenvalue weighted by atomic mass is 32.2. The van der Waals surface area contributed by atoms with Crippen molar-refractivity contribution >= 4 is 21.8 Å². The highest BCUT2D eigenvalue weighted by Crippen LogP contribution is 2.19. The molecule has 0 bridgehead atoms. The molecule has 176 valence electrons. The number of rotatable bonds is 11. The van der Waals surface area contributed by atoms with Crippen molar-refractivity contribution in [1.82, 2.24) is 10.2 Å². The van der Waals surface area contributed by atoms with E-state index in [4.69, 9.17) is 9.15 Å². The Morgan fingerprint density at radius 2 is 1.73 bits per heavy atom. The molecule has 0 aliphatic heterocycles. The van der Waals surface area contributed by atoms with Crippen LogP contribution in [0.2, 0.25) is 0 Å². The number of carbonyl (C=O) groups excluding carboxylic acids is 1. The second-order valence-electron chi connectivity index (χ2n) is 7.95. The van der Waals surface area contributed by atoms with E-state index >= 15 is 0 Å². The van der Waals surface area contributed by atoms with Crippen molar-refractivity contribution in [3.8, 4) is 5.75 Å². The van der Waals surface area contributed by atoms with E-state index in [1.54, 1.807) is 62.4 Å². The number of nitrogens with one attached hydrogen (secondary N) is 1. The van der Waals surface area contributed by atoms with Gasteiger partial charge in [0.15, 0.2) is 9.84 Å². The van der Waals surface area contributed by atoms with E-state index < -0.39 is 15.1 Å². The Kier molecular flexibility index (Phi) is 8.21. The minimum atomic E-state index is -3.32. The number of hydrogen-bond acceptors (Lipinski definition) is 7. The second kappa shape index (κ2) is 11.1. The SMILES string of the molecule is CCCCCOc1ccc(C(=O)Nc2nnc(Cc3ccc(S(=O)(=O)C(C)C)cc3)o2)cc1. The molecule has 9 heteroatoms. The molecule has 0 unspecified atom stereocenters. The lowest BCUT2D eigenvalue weighted by atomic mass is 10.1. The summed E-state index contributed by atoms with van der Waals surface area (Å²) in [4.78, 5) is 12.7. The van der Waals surface area contributed by atoms with Crippen LogP contribution >= 0.6 is 0 Å². The summed E-state index contributed by atoms with van der Waals surface area (Å²) in [7, 11) is -3.32. The van der Waals surface area contributed by atoms with Gasteiger partial charge in [0.25, 0.3) is 5.91 Å². The fourth-order valence-corrected chi connectivity index (χ4v) is 4.09. The first-order valence-corrected chi connectivity index (χ1v) is 12.5. The molecule has 0 atom stereocenters. The summed E-state index contributed by atoms with van der Waals surface area (Å²) in [5, 5.41) is 9.91. The molecule has 0 spiro atoms. The van der Waals surface area contributed by atoms with Gasteiger partial charge in [0.1, 0.15) is 5.75 Å². The third-order valence-corrected chi connectivity index (χ3v) is 7.22. The van der Waals surface area contributed by atoms with Gasteiger partial charge in [-0.1, -0.05) is 37.0 Å². The lowest BCUT2D eigenvalue weighted by molar-refractivity contribution is 0.102. The zero-order chi connectivity index (χ0) is 23.8. The average molecular weight is 472 g/mol. The second-order valence-corrected chi connectivity index (χ2v) is 10.5. The zero-order valence-electron chi connectivity index (χ0n) is 19.1. The number of sulfone groups is 1. The van der Waals surface area contributed by atoms with Crippen molar-refractivity contribution in [2.75, 3.05) is 11.9 Å². The Hall–Kier alpha value is -3.20. The lowest BCUT2D eigenvalue weighted by Gasteiger charge is -2.08. The van der Waals surface area contributed by atoms with E-state index in [9.17, 15) is 13.2 Å². The van der Waals surface area contributed by atoms with E-state index in [0.717, 1.165) is 30.6 Å². The molecule has 3 rings (SSSR count). The monoisotopic (exact) mass is 471 g/mol. The van der Waals surface area contributed by atoms with Crippen molar-refractivity contribution < 1.29 is 22.4 Å². The predicted molar refractivity (Wildman–Crippen MR) is 125 cm³/mol. The molecule has 0 aliphatic carbocycles. The summed E-state index contributed by atoms with van der Waals surface area (Å²) in [5.74, 6) is 0.654. The number of carbonyl (C=O) groups is 1. The summed E-state index contributed by atoms with van der Waals surface area (Å²) >= 11 is 0. The molecule has 0 fully saturated rings. The van der Waals surface area contributed by atoms with Gasteiger partial charge in [-0.2, -0.15) is 0 Å². The lowest BCUT2D eigenvalue weighted by Crippen LogP contribution is -2.13. The van der Waals surface area contributed by atoms with Crippen molar-refractivity contribution in [2.45, 2.75) is 56.6 Å². The maximum atomic E-state index is 12.4. The van der Waals surface area contributed by atoms with Gasteiger partial charge in [0.2, 0.25) is 5.89 Å². The Balaban J connectivity index is 1.55. The van der Waals surface area contributed by atoms with E-state index in [-0.39, 0.29) is 16.8 Å². The number of aromatic nitrogens is 2. The van der Waals surface area contributed by atoms with Crippen LogP contribution in [0.3, 0.4) is 0 Å². The molecule has 33 heavy (non-hydrogen) atoms. The third-order valence-electron chi connectivity index (χ3n) is 5.05. The van der Waals surface area contributed by atoms with Gasteiger partial charge in [0.05, 0.1) is 23.2 Å². The van der Waals surface area contributed by atoms with Crippen LogP contribution in [0.5, 0.6) is 5.75 Å². The van der Waals surface area contributed by atoms with Crippen molar-refractivity contribution in [1.29, 1.82) is 0 Å². The van der Waals surface area contributed by atoms with Crippen LogP contribution in [0.15, 0.2) is 57.8 Å². The van der Waals surface area contributed by atoms with Crippen molar-refractivity contribution in [3.63, 3.8) is 0 Å². The summed E-state index contributed by atoms with van der Waals surface area (Å²) in [6, 6.07) is 13.4. The van der Waals surface area contributed by atoms with Crippen LogP contribution in [0.1, 0.15) is 61.8 Å². The van der Waals surface area contributed by atoms with E-state index in [1.807, 2.05) is 0 Å². The number of amides is 1. The number of unbranched alkanes of at least 4 members (excludes halogenated alkanes) is 2. The van der Waals surface area contributed by atoms with Gasteiger partial charge in [-0.3, -0.25) is 10.1 Å². The number of hydrogen-bond donors (Lipinski definition) is 1. The molecule has 0 saturated carbocycles. The van der Waals surface area contributed by atoms with Gasteiger partial charge >= 0.3 is 6.01 Å². The number of ether oxygens (including phenoxy) is 1.